The van der Waals surface area contributed by atoms with Crippen molar-refractivity contribution in [2.45, 2.75) is 77.8 Å². The maximum atomic E-state index is 4.66. The molecule has 0 aromatic carbocycles. The molecular weight excluding hydrogens is 246 g/mol. The Morgan fingerprint density at radius 1 is 1.30 bits per heavy atom. The monoisotopic (exact) mass is 277 g/mol. The van der Waals surface area contributed by atoms with Crippen molar-refractivity contribution < 1.29 is 0 Å². The first-order chi connectivity index (χ1) is 9.41. The zero-order valence-electron chi connectivity index (χ0n) is 13.9. The van der Waals surface area contributed by atoms with E-state index in [1.807, 2.05) is 11.7 Å². The molecule has 0 spiro atoms. The lowest BCUT2D eigenvalue weighted by molar-refractivity contribution is 0.254. The summed E-state index contributed by atoms with van der Waals surface area (Å²) in [6.45, 7) is 10.0. The van der Waals surface area contributed by atoms with E-state index in [1.54, 1.807) is 0 Å². The number of aromatic nitrogens is 2. The molecule has 0 saturated heterocycles. The Bertz CT molecular complexity index is 428. The van der Waals surface area contributed by atoms with Gasteiger partial charge in [0.2, 0.25) is 0 Å². The van der Waals surface area contributed by atoms with E-state index in [9.17, 15) is 0 Å². The van der Waals surface area contributed by atoms with Gasteiger partial charge in [-0.25, -0.2) is 0 Å². The zero-order chi connectivity index (χ0) is 14.8. The second-order valence-corrected chi connectivity index (χ2v) is 7.37. The van der Waals surface area contributed by atoms with Crippen LogP contribution in [0.3, 0.4) is 0 Å². The normalized spacial score (nSPS) is 24.1. The van der Waals surface area contributed by atoms with E-state index < -0.39 is 0 Å². The first kappa shape index (κ1) is 15.6. The highest BCUT2D eigenvalue weighted by Gasteiger charge is 2.25. The molecule has 1 heterocycles. The molecule has 20 heavy (non-hydrogen) atoms. The summed E-state index contributed by atoms with van der Waals surface area (Å²) in [7, 11) is 2.02. The lowest BCUT2D eigenvalue weighted by Gasteiger charge is -2.32. The molecule has 2 unspecified atom stereocenters. The van der Waals surface area contributed by atoms with Gasteiger partial charge in [0, 0.05) is 36.8 Å². The predicted molar refractivity (Wildman–Crippen MR) is 84.8 cm³/mol. The van der Waals surface area contributed by atoms with E-state index >= 15 is 0 Å². The number of hydrogen-bond acceptors (Lipinski definition) is 2. The molecule has 1 N–H and O–H groups in total. The summed E-state index contributed by atoms with van der Waals surface area (Å²) >= 11 is 0. The molecule has 3 heteroatoms. The third-order valence-corrected chi connectivity index (χ3v) is 4.60. The summed E-state index contributed by atoms with van der Waals surface area (Å²) in [6, 6.07) is 0.696. The Balaban J connectivity index is 2.03. The molecule has 1 aromatic rings. The second kappa shape index (κ2) is 6.30. The molecule has 3 nitrogen and oxygen atoms in total. The molecule has 2 atom stereocenters. The Kier molecular flexibility index (Phi) is 4.90. The van der Waals surface area contributed by atoms with E-state index in [1.165, 1.54) is 43.4 Å². The van der Waals surface area contributed by atoms with Gasteiger partial charge in [0.25, 0.3) is 0 Å². The van der Waals surface area contributed by atoms with E-state index in [0.29, 0.717) is 6.04 Å². The molecule has 1 fully saturated rings. The van der Waals surface area contributed by atoms with Crippen LogP contribution in [0.15, 0.2) is 6.20 Å². The molecule has 2 rings (SSSR count). The molecule has 0 aliphatic heterocycles. The Hall–Kier alpha value is -0.830. The van der Waals surface area contributed by atoms with Crippen LogP contribution in [0.5, 0.6) is 0 Å². The summed E-state index contributed by atoms with van der Waals surface area (Å²) in [5, 5.41) is 8.47. The van der Waals surface area contributed by atoms with Crippen molar-refractivity contribution in [2.75, 3.05) is 0 Å². The van der Waals surface area contributed by atoms with Gasteiger partial charge < -0.3 is 5.32 Å². The molecule has 114 valence electrons. The second-order valence-electron chi connectivity index (χ2n) is 7.37. The number of aryl methyl sites for hydroxylation is 1. The molecule has 1 saturated carbocycles. The number of nitrogens with one attached hydrogen (secondary N) is 1. The molecule has 0 amide bonds. The van der Waals surface area contributed by atoms with Gasteiger partial charge in [-0.05, 0) is 18.8 Å². The molecule has 0 bridgehead atoms. The fourth-order valence-electron chi connectivity index (χ4n) is 3.50. The highest BCUT2D eigenvalue weighted by atomic mass is 15.3. The SMILES string of the molecule is CCC1CCCCC1NCc1cn(C)nc1C(C)(C)C. The first-order valence-electron chi connectivity index (χ1n) is 8.18. The van der Waals surface area contributed by atoms with E-state index in [4.69, 9.17) is 0 Å². The summed E-state index contributed by atoms with van der Waals surface area (Å²) in [5.74, 6) is 0.860. The largest absolute Gasteiger partial charge is 0.310 e. The Labute approximate surface area is 124 Å². The van der Waals surface area contributed by atoms with Gasteiger partial charge in [-0.2, -0.15) is 5.10 Å². The van der Waals surface area contributed by atoms with Crippen molar-refractivity contribution in [3.63, 3.8) is 0 Å². The minimum atomic E-state index is 0.120. The van der Waals surface area contributed by atoms with Crippen LogP contribution in [-0.4, -0.2) is 15.8 Å². The highest BCUT2D eigenvalue weighted by molar-refractivity contribution is 5.24. The van der Waals surface area contributed by atoms with Crippen molar-refractivity contribution in [1.29, 1.82) is 0 Å². The third-order valence-electron chi connectivity index (χ3n) is 4.60. The van der Waals surface area contributed by atoms with Crippen LogP contribution in [0.4, 0.5) is 0 Å². The van der Waals surface area contributed by atoms with Crippen LogP contribution < -0.4 is 5.32 Å². The van der Waals surface area contributed by atoms with Crippen molar-refractivity contribution in [3.8, 4) is 0 Å². The molecular formula is C17H31N3. The van der Waals surface area contributed by atoms with Gasteiger partial charge in [0.05, 0.1) is 5.69 Å². The minimum Gasteiger partial charge on any atom is -0.310 e. The lowest BCUT2D eigenvalue weighted by atomic mass is 9.82. The maximum Gasteiger partial charge on any atom is 0.0722 e. The van der Waals surface area contributed by atoms with Gasteiger partial charge in [0.1, 0.15) is 0 Å². The summed E-state index contributed by atoms with van der Waals surface area (Å²) in [6.07, 6.45) is 9.01. The van der Waals surface area contributed by atoms with Crippen molar-refractivity contribution >= 4 is 0 Å². The summed E-state index contributed by atoms with van der Waals surface area (Å²) in [4.78, 5) is 0. The predicted octanol–water partition coefficient (Wildman–Crippen LogP) is 3.78. The topological polar surface area (TPSA) is 29.9 Å². The number of hydrogen-bond donors (Lipinski definition) is 1. The standard InChI is InChI=1S/C17H31N3/c1-6-13-9-7-8-10-15(13)18-11-14-12-20(5)19-16(14)17(2,3)4/h12-13,15,18H,6-11H2,1-5H3. The Morgan fingerprint density at radius 3 is 2.65 bits per heavy atom. The molecule has 0 radical (unpaired) electrons. The van der Waals surface area contributed by atoms with Gasteiger partial charge in [0.15, 0.2) is 0 Å². The van der Waals surface area contributed by atoms with E-state index in [0.717, 1.165) is 12.5 Å². The van der Waals surface area contributed by atoms with Crippen molar-refractivity contribution in [1.82, 2.24) is 15.1 Å². The van der Waals surface area contributed by atoms with E-state index in [2.05, 4.69) is 44.3 Å². The third kappa shape index (κ3) is 3.63. The summed E-state index contributed by atoms with van der Waals surface area (Å²) < 4.78 is 1.95. The Morgan fingerprint density at radius 2 is 2.00 bits per heavy atom. The zero-order valence-corrected chi connectivity index (χ0v) is 13.9. The summed E-state index contributed by atoms with van der Waals surface area (Å²) in [5.41, 5.74) is 2.71. The number of nitrogens with zero attached hydrogens (tertiary/aromatic N) is 2. The van der Waals surface area contributed by atoms with Crippen molar-refractivity contribution in [3.05, 3.63) is 17.5 Å². The molecule has 1 aliphatic carbocycles. The van der Waals surface area contributed by atoms with Crippen LogP contribution in [0.1, 0.15) is 71.1 Å². The fourth-order valence-corrected chi connectivity index (χ4v) is 3.50. The maximum absolute atomic E-state index is 4.66. The fraction of sp³-hybridized carbons (Fsp3) is 0.824. The van der Waals surface area contributed by atoms with Gasteiger partial charge >= 0.3 is 0 Å². The molecule has 1 aromatic heterocycles. The van der Waals surface area contributed by atoms with Crippen LogP contribution >= 0.6 is 0 Å². The van der Waals surface area contributed by atoms with Crippen LogP contribution in [0.25, 0.3) is 0 Å². The van der Waals surface area contributed by atoms with Crippen LogP contribution in [0.2, 0.25) is 0 Å². The average Bonchev–Trinajstić information content (AvgIpc) is 2.78. The van der Waals surface area contributed by atoms with Gasteiger partial charge in [-0.1, -0.05) is 47.0 Å². The van der Waals surface area contributed by atoms with Gasteiger partial charge in [-0.15, -0.1) is 0 Å². The van der Waals surface area contributed by atoms with Crippen LogP contribution in [-0.2, 0) is 19.0 Å². The molecule has 1 aliphatic rings. The van der Waals surface area contributed by atoms with Crippen LogP contribution in [0, 0.1) is 5.92 Å². The highest BCUT2D eigenvalue weighted by Crippen LogP contribution is 2.28. The van der Waals surface area contributed by atoms with Crippen molar-refractivity contribution in [2.24, 2.45) is 13.0 Å². The van der Waals surface area contributed by atoms with Gasteiger partial charge in [-0.3, -0.25) is 4.68 Å². The minimum absolute atomic E-state index is 0.120. The smallest absolute Gasteiger partial charge is 0.0722 e. The average molecular weight is 277 g/mol. The number of rotatable bonds is 4. The first-order valence-corrected chi connectivity index (χ1v) is 8.18. The van der Waals surface area contributed by atoms with E-state index in [-0.39, 0.29) is 5.41 Å². The lowest BCUT2D eigenvalue weighted by Crippen LogP contribution is -2.38. The quantitative estimate of drug-likeness (QED) is 0.907.